The molecule has 0 radical (unpaired) electrons. The number of carbonyl (C=O) groups excluding carboxylic acids is 1. The molecule has 1 fully saturated rings. The third kappa shape index (κ3) is 5.78. The minimum absolute atomic E-state index is 0.175. The van der Waals surface area contributed by atoms with E-state index in [1.54, 1.807) is 7.11 Å². The molecule has 7 heteroatoms. The zero-order valence-electron chi connectivity index (χ0n) is 18.5. The Morgan fingerprint density at radius 1 is 1.03 bits per heavy atom. The Morgan fingerprint density at radius 2 is 1.82 bits per heavy atom. The molecule has 0 spiro atoms. The van der Waals surface area contributed by atoms with Gasteiger partial charge in [0.25, 0.3) is 5.91 Å². The topological polar surface area (TPSA) is 59.9 Å². The van der Waals surface area contributed by atoms with Crippen LogP contribution in [0.2, 0.25) is 5.02 Å². The van der Waals surface area contributed by atoms with Crippen LogP contribution in [0.5, 0.6) is 11.5 Å². The van der Waals surface area contributed by atoms with Crippen LogP contribution in [0, 0.1) is 13.8 Å². The number of ether oxygens (including phenoxy) is 2. The average molecular weight is 479 g/mol. The van der Waals surface area contributed by atoms with E-state index in [1.807, 2.05) is 74.5 Å². The SMILES string of the molecule is COc1cc(/C=C2\SC(=Nc3ccc(C)cc3C)NC2=O)ccc1OCc1ccc(Cl)cc1. The first-order chi connectivity index (χ1) is 15.9. The van der Waals surface area contributed by atoms with Crippen molar-refractivity contribution in [1.82, 2.24) is 5.32 Å². The number of thioether (sulfide) groups is 1. The summed E-state index contributed by atoms with van der Waals surface area (Å²) in [5.41, 5.74) is 4.91. The molecule has 3 aromatic carbocycles. The van der Waals surface area contributed by atoms with E-state index < -0.39 is 0 Å². The summed E-state index contributed by atoms with van der Waals surface area (Å²) in [6.07, 6.45) is 1.82. The summed E-state index contributed by atoms with van der Waals surface area (Å²) in [5, 5.41) is 4.09. The van der Waals surface area contributed by atoms with Crippen LogP contribution in [-0.2, 0) is 11.4 Å². The molecule has 0 atom stereocenters. The Kier molecular flexibility index (Phi) is 7.06. The second kappa shape index (κ2) is 10.1. The summed E-state index contributed by atoms with van der Waals surface area (Å²) < 4.78 is 11.4. The average Bonchev–Trinajstić information content (AvgIpc) is 3.14. The zero-order valence-corrected chi connectivity index (χ0v) is 20.1. The highest BCUT2D eigenvalue weighted by Crippen LogP contribution is 2.33. The maximum absolute atomic E-state index is 12.5. The fourth-order valence-electron chi connectivity index (χ4n) is 3.31. The molecule has 0 aliphatic carbocycles. The molecular weight excluding hydrogens is 456 g/mol. The van der Waals surface area contributed by atoms with Crippen molar-refractivity contribution >= 4 is 46.2 Å². The van der Waals surface area contributed by atoms with Crippen molar-refractivity contribution in [2.45, 2.75) is 20.5 Å². The van der Waals surface area contributed by atoms with Crippen molar-refractivity contribution in [3.05, 3.63) is 92.8 Å². The lowest BCUT2D eigenvalue weighted by molar-refractivity contribution is -0.115. The van der Waals surface area contributed by atoms with Crippen molar-refractivity contribution in [3.8, 4) is 11.5 Å². The third-order valence-electron chi connectivity index (χ3n) is 5.02. The summed E-state index contributed by atoms with van der Waals surface area (Å²) in [5.74, 6) is 1.03. The van der Waals surface area contributed by atoms with E-state index in [2.05, 4.69) is 16.4 Å². The smallest absolute Gasteiger partial charge is 0.264 e. The first-order valence-electron chi connectivity index (χ1n) is 10.3. The van der Waals surface area contributed by atoms with E-state index >= 15 is 0 Å². The molecule has 0 unspecified atom stereocenters. The van der Waals surface area contributed by atoms with Gasteiger partial charge in [0.15, 0.2) is 16.7 Å². The van der Waals surface area contributed by atoms with Crippen molar-refractivity contribution in [3.63, 3.8) is 0 Å². The number of hydrogen-bond acceptors (Lipinski definition) is 5. The Hall–Kier alpha value is -3.22. The number of benzene rings is 3. The Morgan fingerprint density at radius 3 is 2.55 bits per heavy atom. The van der Waals surface area contributed by atoms with Crippen LogP contribution < -0.4 is 14.8 Å². The molecule has 1 aliphatic heterocycles. The Balaban J connectivity index is 1.49. The third-order valence-corrected chi connectivity index (χ3v) is 6.18. The van der Waals surface area contributed by atoms with E-state index in [-0.39, 0.29) is 5.91 Å². The Bertz CT molecular complexity index is 1250. The number of rotatable bonds is 6. The van der Waals surface area contributed by atoms with Crippen molar-refractivity contribution in [2.24, 2.45) is 4.99 Å². The first-order valence-corrected chi connectivity index (χ1v) is 11.5. The summed E-state index contributed by atoms with van der Waals surface area (Å²) in [6, 6.07) is 19.1. The van der Waals surface area contributed by atoms with Gasteiger partial charge in [0.05, 0.1) is 17.7 Å². The highest BCUT2D eigenvalue weighted by Gasteiger charge is 2.24. The molecule has 0 bridgehead atoms. The summed E-state index contributed by atoms with van der Waals surface area (Å²) in [7, 11) is 1.59. The van der Waals surface area contributed by atoms with E-state index in [1.165, 1.54) is 17.3 Å². The predicted octanol–water partition coefficient (Wildman–Crippen LogP) is 6.44. The van der Waals surface area contributed by atoms with Crippen LogP contribution in [0.15, 0.2) is 70.6 Å². The molecular formula is C26H23ClN2O3S. The molecule has 33 heavy (non-hydrogen) atoms. The number of methoxy groups -OCH3 is 1. The van der Waals surface area contributed by atoms with Crippen LogP contribution >= 0.6 is 23.4 Å². The van der Waals surface area contributed by atoms with Gasteiger partial charge >= 0.3 is 0 Å². The molecule has 1 saturated heterocycles. The van der Waals surface area contributed by atoms with Gasteiger partial charge in [-0.05, 0) is 78.7 Å². The lowest BCUT2D eigenvalue weighted by atomic mass is 10.1. The van der Waals surface area contributed by atoms with Crippen molar-refractivity contribution < 1.29 is 14.3 Å². The number of aliphatic imine (C=N–C) groups is 1. The van der Waals surface area contributed by atoms with E-state index in [0.29, 0.717) is 33.2 Å². The van der Waals surface area contributed by atoms with Gasteiger partial charge < -0.3 is 14.8 Å². The van der Waals surface area contributed by atoms with Gasteiger partial charge in [0.2, 0.25) is 0 Å². The highest BCUT2D eigenvalue weighted by atomic mass is 35.5. The fourth-order valence-corrected chi connectivity index (χ4v) is 4.27. The fraction of sp³-hybridized carbons (Fsp3) is 0.154. The summed E-state index contributed by atoms with van der Waals surface area (Å²) in [4.78, 5) is 17.6. The van der Waals surface area contributed by atoms with Crippen LogP contribution in [0.25, 0.3) is 6.08 Å². The second-order valence-electron chi connectivity index (χ2n) is 7.60. The first kappa shape index (κ1) is 23.0. The molecule has 4 rings (SSSR count). The largest absolute Gasteiger partial charge is 0.493 e. The minimum Gasteiger partial charge on any atom is -0.493 e. The molecule has 0 aromatic heterocycles. The molecule has 5 nitrogen and oxygen atoms in total. The van der Waals surface area contributed by atoms with Crippen molar-refractivity contribution in [1.29, 1.82) is 0 Å². The number of amidine groups is 1. The molecule has 1 amide bonds. The van der Waals surface area contributed by atoms with Crippen LogP contribution in [0.4, 0.5) is 5.69 Å². The monoisotopic (exact) mass is 478 g/mol. The highest BCUT2D eigenvalue weighted by molar-refractivity contribution is 8.18. The van der Waals surface area contributed by atoms with Crippen LogP contribution in [0.3, 0.4) is 0 Å². The molecule has 168 valence electrons. The van der Waals surface area contributed by atoms with Crippen molar-refractivity contribution in [2.75, 3.05) is 7.11 Å². The minimum atomic E-state index is -0.175. The molecule has 3 aromatic rings. The lowest BCUT2D eigenvalue weighted by Crippen LogP contribution is -2.19. The molecule has 1 aliphatic rings. The van der Waals surface area contributed by atoms with Crippen LogP contribution in [-0.4, -0.2) is 18.2 Å². The number of amides is 1. The number of halogens is 1. The van der Waals surface area contributed by atoms with E-state index in [4.69, 9.17) is 21.1 Å². The molecule has 1 N–H and O–H groups in total. The zero-order chi connectivity index (χ0) is 23.4. The maximum atomic E-state index is 12.5. The van der Waals surface area contributed by atoms with E-state index in [0.717, 1.165) is 22.4 Å². The molecule has 0 saturated carbocycles. The summed E-state index contributed by atoms with van der Waals surface area (Å²) >= 11 is 7.25. The lowest BCUT2D eigenvalue weighted by Gasteiger charge is -2.11. The Labute approximate surface area is 202 Å². The maximum Gasteiger partial charge on any atom is 0.264 e. The summed E-state index contributed by atoms with van der Waals surface area (Å²) in [6.45, 7) is 4.44. The normalized spacial score (nSPS) is 15.7. The van der Waals surface area contributed by atoms with Gasteiger partial charge in [0, 0.05) is 5.02 Å². The quantitative estimate of drug-likeness (QED) is 0.414. The van der Waals surface area contributed by atoms with Crippen LogP contribution in [0.1, 0.15) is 22.3 Å². The number of carbonyl (C=O) groups is 1. The standard InChI is InChI=1S/C26H23ClN2O3S/c1-16-4-10-21(17(2)12-16)28-26-29-25(30)24(33-26)14-19-7-11-22(23(13-19)31-3)32-15-18-5-8-20(27)9-6-18/h4-14H,15H2,1-3H3,(H,28,29,30)/b24-14-. The second-order valence-corrected chi connectivity index (χ2v) is 9.06. The number of nitrogens with one attached hydrogen (secondary N) is 1. The number of hydrogen-bond donors (Lipinski definition) is 1. The predicted molar refractivity (Wildman–Crippen MR) is 135 cm³/mol. The van der Waals surface area contributed by atoms with Gasteiger partial charge in [-0.1, -0.05) is 47.5 Å². The van der Waals surface area contributed by atoms with Gasteiger partial charge in [-0.3, -0.25) is 4.79 Å². The number of nitrogens with zero attached hydrogens (tertiary/aromatic N) is 1. The van der Waals surface area contributed by atoms with Gasteiger partial charge in [0.1, 0.15) is 6.61 Å². The van der Waals surface area contributed by atoms with E-state index in [9.17, 15) is 4.79 Å². The molecule has 1 heterocycles. The number of aryl methyl sites for hydroxylation is 2. The van der Waals surface area contributed by atoms with Gasteiger partial charge in [-0.2, -0.15) is 0 Å². The van der Waals surface area contributed by atoms with Gasteiger partial charge in [-0.25, -0.2) is 4.99 Å². The van der Waals surface area contributed by atoms with Gasteiger partial charge in [-0.15, -0.1) is 0 Å².